The molecule has 0 aromatic heterocycles. The lowest BCUT2D eigenvalue weighted by Gasteiger charge is -2.29. The van der Waals surface area contributed by atoms with E-state index in [0.29, 0.717) is 30.4 Å². The summed E-state index contributed by atoms with van der Waals surface area (Å²) in [6.45, 7) is 3.18. The number of hydrogen-bond acceptors (Lipinski definition) is 5. The largest absolute Gasteiger partial charge is 0.354 e. The molecule has 1 aromatic rings. The van der Waals surface area contributed by atoms with Crippen LogP contribution in [0.3, 0.4) is 0 Å². The molecule has 2 fully saturated rings. The second-order valence-corrected chi connectivity index (χ2v) is 8.08. The maximum atomic E-state index is 12.6. The van der Waals surface area contributed by atoms with Crippen molar-refractivity contribution in [3.63, 3.8) is 0 Å². The predicted octanol–water partition coefficient (Wildman–Crippen LogP) is 0.357. The van der Waals surface area contributed by atoms with Gasteiger partial charge in [0.25, 0.3) is 10.0 Å². The van der Waals surface area contributed by atoms with Crippen molar-refractivity contribution in [3.05, 3.63) is 29.8 Å². The van der Waals surface area contributed by atoms with Crippen molar-refractivity contribution in [2.45, 2.75) is 23.8 Å². The van der Waals surface area contributed by atoms with Gasteiger partial charge in [0.1, 0.15) is 10.9 Å². The zero-order valence-electron chi connectivity index (χ0n) is 13.6. The topological polar surface area (TPSA) is 90.9 Å². The number of fused-ring (bicyclic) bond motifs is 1. The minimum absolute atomic E-state index is 0. The fraction of sp³-hybridized carbons (Fsp3) is 0.500. The zero-order chi connectivity index (χ0) is 16.7. The second-order valence-electron chi connectivity index (χ2n) is 6.51. The number of nitrogens with one attached hydrogen (secondary N) is 2. The summed E-state index contributed by atoms with van der Waals surface area (Å²) in [6, 6.07) is 6.46. The number of amidine groups is 1. The SMILES string of the molecule is Cl.O=C(NCC1CNC1)C1CCCN1C1=NS(=O)(=O)c2ccccc21. The molecule has 0 bridgehead atoms. The second kappa shape index (κ2) is 6.93. The summed E-state index contributed by atoms with van der Waals surface area (Å²) < 4.78 is 28.4. The number of carbonyl (C=O) groups excluding carboxylic acids is 1. The van der Waals surface area contributed by atoms with Crippen molar-refractivity contribution in [3.8, 4) is 0 Å². The summed E-state index contributed by atoms with van der Waals surface area (Å²) in [6.07, 6.45) is 1.57. The molecule has 9 heteroatoms. The van der Waals surface area contributed by atoms with E-state index >= 15 is 0 Å². The molecule has 1 amide bonds. The average Bonchev–Trinajstić information content (AvgIpc) is 3.09. The van der Waals surface area contributed by atoms with E-state index in [0.717, 1.165) is 25.9 Å². The van der Waals surface area contributed by atoms with E-state index in [1.165, 1.54) is 0 Å². The molecule has 3 aliphatic rings. The van der Waals surface area contributed by atoms with Crippen LogP contribution in [0.4, 0.5) is 0 Å². The molecule has 1 unspecified atom stereocenters. The van der Waals surface area contributed by atoms with Crippen LogP contribution in [-0.2, 0) is 14.8 Å². The first-order valence-corrected chi connectivity index (χ1v) is 9.70. The van der Waals surface area contributed by atoms with Crippen molar-refractivity contribution in [2.24, 2.45) is 10.3 Å². The summed E-state index contributed by atoms with van der Waals surface area (Å²) >= 11 is 0. The molecule has 136 valence electrons. The Morgan fingerprint density at radius 2 is 2.08 bits per heavy atom. The molecule has 2 saturated heterocycles. The first-order chi connectivity index (χ1) is 11.6. The molecule has 3 heterocycles. The maximum Gasteiger partial charge on any atom is 0.285 e. The fourth-order valence-electron chi connectivity index (χ4n) is 3.44. The molecule has 2 N–H and O–H groups in total. The van der Waals surface area contributed by atoms with E-state index in [1.807, 2.05) is 4.90 Å². The first kappa shape index (κ1) is 18.2. The van der Waals surface area contributed by atoms with Crippen molar-refractivity contribution >= 4 is 34.2 Å². The van der Waals surface area contributed by atoms with Crippen LogP contribution in [0.5, 0.6) is 0 Å². The van der Waals surface area contributed by atoms with Crippen LogP contribution in [0.1, 0.15) is 18.4 Å². The molecule has 1 atom stereocenters. The molecule has 25 heavy (non-hydrogen) atoms. The highest BCUT2D eigenvalue weighted by molar-refractivity contribution is 7.90. The van der Waals surface area contributed by atoms with Crippen molar-refractivity contribution in [2.75, 3.05) is 26.2 Å². The normalized spacial score (nSPS) is 24.1. The Balaban J connectivity index is 0.00000182. The smallest absolute Gasteiger partial charge is 0.285 e. The van der Waals surface area contributed by atoms with Crippen LogP contribution >= 0.6 is 12.4 Å². The molecule has 0 radical (unpaired) electrons. The lowest BCUT2D eigenvalue weighted by molar-refractivity contribution is -0.124. The highest BCUT2D eigenvalue weighted by atomic mass is 35.5. The molecule has 4 rings (SSSR count). The molecule has 0 spiro atoms. The van der Waals surface area contributed by atoms with Crippen molar-refractivity contribution in [1.29, 1.82) is 0 Å². The average molecular weight is 385 g/mol. The number of halogens is 1. The summed E-state index contributed by atoms with van der Waals surface area (Å²) in [5.41, 5.74) is 0.598. The Hall–Kier alpha value is -1.64. The van der Waals surface area contributed by atoms with E-state index in [2.05, 4.69) is 15.0 Å². The summed E-state index contributed by atoms with van der Waals surface area (Å²) in [7, 11) is -3.66. The molecule has 7 nitrogen and oxygen atoms in total. The Bertz CT molecular complexity index is 807. The number of likely N-dealkylation sites (tertiary alicyclic amines) is 1. The lowest BCUT2D eigenvalue weighted by atomic mass is 10.0. The van der Waals surface area contributed by atoms with Crippen LogP contribution in [0.15, 0.2) is 33.6 Å². The molecule has 0 saturated carbocycles. The van der Waals surface area contributed by atoms with Crippen LogP contribution in [0.25, 0.3) is 0 Å². The predicted molar refractivity (Wildman–Crippen MR) is 96.5 cm³/mol. The summed E-state index contributed by atoms with van der Waals surface area (Å²) in [4.78, 5) is 14.6. The Morgan fingerprint density at radius 1 is 1.32 bits per heavy atom. The van der Waals surface area contributed by atoms with Gasteiger partial charge >= 0.3 is 0 Å². The number of sulfonamides is 1. The van der Waals surface area contributed by atoms with E-state index < -0.39 is 10.0 Å². The molecule has 3 aliphatic heterocycles. The Kier molecular flexibility index (Phi) is 5.04. The quantitative estimate of drug-likeness (QED) is 0.785. The van der Waals surface area contributed by atoms with Gasteiger partial charge in [-0.25, -0.2) is 0 Å². The third-order valence-corrected chi connectivity index (χ3v) is 6.20. The van der Waals surface area contributed by atoms with Gasteiger partial charge < -0.3 is 15.5 Å². The van der Waals surface area contributed by atoms with Crippen molar-refractivity contribution in [1.82, 2.24) is 15.5 Å². The van der Waals surface area contributed by atoms with E-state index in [1.54, 1.807) is 24.3 Å². The lowest BCUT2D eigenvalue weighted by Crippen LogP contribution is -2.51. The molecular formula is C16H21ClN4O3S. The van der Waals surface area contributed by atoms with Crippen LogP contribution in [0, 0.1) is 5.92 Å². The van der Waals surface area contributed by atoms with Crippen LogP contribution in [0.2, 0.25) is 0 Å². The third-order valence-electron chi connectivity index (χ3n) is 4.87. The Labute approximate surface area is 153 Å². The van der Waals surface area contributed by atoms with E-state index in [-0.39, 0.29) is 29.3 Å². The molecule has 0 aliphatic carbocycles. The van der Waals surface area contributed by atoms with Crippen molar-refractivity contribution < 1.29 is 13.2 Å². The van der Waals surface area contributed by atoms with Gasteiger partial charge in [0, 0.05) is 37.7 Å². The first-order valence-electron chi connectivity index (χ1n) is 8.26. The molecule has 1 aromatic carbocycles. The summed E-state index contributed by atoms with van der Waals surface area (Å²) in [5.74, 6) is 0.867. The summed E-state index contributed by atoms with van der Waals surface area (Å²) in [5, 5.41) is 6.18. The minimum atomic E-state index is -3.66. The van der Waals surface area contributed by atoms with Gasteiger partial charge in [0.2, 0.25) is 5.91 Å². The van der Waals surface area contributed by atoms with E-state index in [4.69, 9.17) is 0 Å². The maximum absolute atomic E-state index is 12.6. The number of carbonyl (C=O) groups is 1. The number of amides is 1. The van der Waals surface area contributed by atoms with Gasteiger partial charge in [0.05, 0.1) is 0 Å². The third kappa shape index (κ3) is 3.26. The van der Waals surface area contributed by atoms with E-state index in [9.17, 15) is 13.2 Å². The van der Waals surface area contributed by atoms with Gasteiger partial charge in [-0.2, -0.15) is 8.42 Å². The van der Waals surface area contributed by atoms with Crippen LogP contribution < -0.4 is 10.6 Å². The number of nitrogens with zero attached hydrogens (tertiary/aromatic N) is 2. The monoisotopic (exact) mass is 384 g/mol. The highest BCUT2D eigenvalue weighted by Crippen LogP contribution is 2.31. The number of rotatable bonds is 3. The van der Waals surface area contributed by atoms with Gasteiger partial charge in [0.15, 0.2) is 5.84 Å². The number of benzene rings is 1. The highest BCUT2D eigenvalue weighted by Gasteiger charge is 2.39. The minimum Gasteiger partial charge on any atom is -0.354 e. The zero-order valence-corrected chi connectivity index (χ0v) is 15.3. The van der Waals surface area contributed by atoms with Gasteiger partial charge in [-0.3, -0.25) is 4.79 Å². The molecular weight excluding hydrogens is 364 g/mol. The standard InChI is InChI=1S/C16H20N4O3S.ClH/c21-16(18-10-11-8-17-9-11)13-5-3-7-20(13)15-12-4-1-2-6-14(12)24(22,23)19-15;/h1-2,4,6,11,13,17H,3,5,7-10H2,(H,18,21);1H. The van der Waals surface area contributed by atoms with Gasteiger partial charge in [-0.1, -0.05) is 12.1 Å². The van der Waals surface area contributed by atoms with Gasteiger partial charge in [-0.05, 0) is 25.0 Å². The number of hydrogen-bond donors (Lipinski definition) is 2. The fourth-order valence-corrected chi connectivity index (χ4v) is 4.66. The van der Waals surface area contributed by atoms with Crippen LogP contribution in [-0.4, -0.2) is 57.3 Å². The Morgan fingerprint density at radius 3 is 2.80 bits per heavy atom. The van der Waals surface area contributed by atoms with Gasteiger partial charge in [-0.15, -0.1) is 16.8 Å².